The highest BCUT2D eigenvalue weighted by Gasteiger charge is 2.22. The van der Waals surface area contributed by atoms with Gasteiger partial charge in [0.05, 0.1) is 19.7 Å². The summed E-state index contributed by atoms with van der Waals surface area (Å²) >= 11 is 0. The number of aliphatic hydroxyl groups is 1. The van der Waals surface area contributed by atoms with E-state index in [9.17, 15) is 4.79 Å². The summed E-state index contributed by atoms with van der Waals surface area (Å²) in [5.41, 5.74) is 0. The Morgan fingerprint density at radius 3 is 3.15 bits per heavy atom. The molecule has 1 aromatic rings. The van der Waals surface area contributed by atoms with Gasteiger partial charge in [-0.25, -0.2) is 4.98 Å². The second-order valence-electron chi connectivity index (χ2n) is 5.56. The van der Waals surface area contributed by atoms with Crippen LogP contribution in [0.3, 0.4) is 0 Å². The van der Waals surface area contributed by atoms with Crippen molar-refractivity contribution >= 4 is 5.91 Å². The summed E-state index contributed by atoms with van der Waals surface area (Å²) in [7, 11) is 0. The molecule has 20 heavy (non-hydrogen) atoms. The van der Waals surface area contributed by atoms with Crippen LogP contribution in [0.15, 0.2) is 12.4 Å². The van der Waals surface area contributed by atoms with Gasteiger partial charge in [-0.15, -0.1) is 0 Å². The lowest BCUT2D eigenvalue weighted by Gasteiger charge is -2.32. The maximum atomic E-state index is 12.4. The van der Waals surface area contributed by atoms with Crippen molar-refractivity contribution in [2.45, 2.75) is 26.3 Å². The quantitative estimate of drug-likeness (QED) is 0.794. The lowest BCUT2D eigenvalue weighted by atomic mass is 10.0. The molecule has 0 radical (unpaired) electrons. The largest absolute Gasteiger partial charge is 0.395 e. The topological polar surface area (TPSA) is 72.5 Å². The minimum absolute atomic E-state index is 0.0249. The number of aromatic nitrogens is 2. The molecule has 2 heterocycles. The molecule has 1 atom stereocenters. The summed E-state index contributed by atoms with van der Waals surface area (Å²) < 4.78 is 0. The third-order valence-corrected chi connectivity index (χ3v) is 3.72. The first-order valence-electron chi connectivity index (χ1n) is 7.28. The summed E-state index contributed by atoms with van der Waals surface area (Å²) in [6.45, 7) is 5.39. The van der Waals surface area contributed by atoms with E-state index in [1.54, 1.807) is 17.3 Å². The molecular weight excluding hydrogens is 256 g/mol. The highest BCUT2D eigenvalue weighted by Crippen LogP contribution is 2.15. The van der Waals surface area contributed by atoms with Crippen molar-refractivity contribution in [2.75, 3.05) is 32.8 Å². The van der Waals surface area contributed by atoms with E-state index >= 15 is 0 Å². The first kappa shape index (κ1) is 15.0. The maximum Gasteiger partial charge on any atom is 0.237 e. The van der Waals surface area contributed by atoms with Gasteiger partial charge in [-0.05, 0) is 25.3 Å². The van der Waals surface area contributed by atoms with Crippen molar-refractivity contribution in [2.24, 2.45) is 5.92 Å². The van der Waals surface area contributed by atoms with Crippen molar-refractivity contribution in [1.82, 2.24) is 19.8 Å². The van der Waals surface area contributed by atoms with Crippen LogP contribution in [0, 0.1) is 5.92 Å². The summed E-state index contributed by atoms with van der Waals surface area (Å²) in [5, 5.41) is 9.12. The van der Waals surface area contributed by atoms with Crippen LogP contribution in [0.2, 0.25) is 0 Å². The van der Waals surface area contributed by atoms with E-state index in [2.05, 4.69) is 21.8 Å². The minimum atomic E-state index is -0.0249. The summed E-state index contributed by atoms with van der Waals surface area (Å²) in [6.07, 6.45) is 5.82. The van der Waals surface area contributed by atoms with Gasteiger partial charge in [0.1, 0.15) is 5.82 Å². The van der Waals surface area contributed by atoms with Crippen molar-refractivity contribution in [3.05, 3.63) is 18.2 Å². The molecule has 1 aromatic heterocycles. The standard InChI is InChI=1S/C14H24N4O2/c1-12-3-2-6-17(9-12)11-14(20)18(7-8-19)10-13-15-4-5-16-13/h4-5,12,19H,2-3,6-11H2,1H3,(H,15,16). The molecule has 0 aromatic carbocycles. The van der Waals surface area contributed by atoms with Crippen LogP contribution >= 0.6 is 0 Å². The SMILES string of the molecule is CC1CCCN(CC(=O)N(CCO)Cc2ncc[nH]2)C1. The third-order valence-electron chi connectivity index (χ3n) is 3.72. The van der Waals surface area contributed by atoms with Crippen LogP contribution in [0.1, 0.15) is 25.6 Å². The first-order valence-corrected chi connectivity index (χ1v) is 7.28. The van der Waals surface area contributed by atoms with Gasteiger partial charge in [0.25, 0.3) is 0 Å². The molecule has 1 saturated heterocycles. The van der Waals surface area contributed by atoms with Gasteiger partial charge in [0.2, 0.25) is 5.91 Å². The molecule has 1 unspecified atom stereocenters. The van der Waals surface area contributed by atoms with E-state index in [1.807, 2.05) is 0 Å². The Morgan fingerprint density at radius 2 is 2.50 bits per heavy atom. The van der Waals surface area contributed by atoms with Gasteiger partial charge < -0.3 is 15.0 Å². The highest BCUT2D eigenvalue weighted by molar-refractivity contribution is 5.78. The number of nitrogens with one attached hydrogen (secondary N) is 1. The number of aliphatic hydroxyl groups excluding tert-OH is 1. The highest BCUT2D eigenvalue weighted by atomic mass is 16.3. The van der Waals surface area contributed by atoms with Gasteiger partial charge in [-0.3, -0.25) is 9.69 Å². The predicted molar refractivity (Wildman–Crippen MR) is 75.9 cm³/mol. The molecule has 0 saturated carbocycles. The van der Waals surface area contributed by atoms with Gasteiger partial charge in [0, 0.05) is 25.5 Å². The fourth-order valence-electron chi connectivity index (χ4n) is 2.70. The Kier molecular flexibility index (Phi) is 5.55. The number of imidazole rings is 1. The van der Waals surface area contributed by atoms with Crippen LogP contribution in [0.25, 0.3) is 0 Å². The van der Waals surface area contributed by atoms with Crippen LogP contribution < -0.4 is 0 Å². The summed E-state index contributed by atoms with van der Waals surface area (Å²) in [6, 6.07) is 0. The van der Waals surface area contributed by atoms with E-state index in [0.717, 1.165) is 25.3 Å². The fourth-order valence-corrected chi connectivity index (χ4v) is 2.70. The van der Waals surface area contributed by atoms with Crippen molar-refractivity contribution in [3.63, 3.8) is 0 Å². The predicted octanol–water partition coefficient (Wildman–Crippen LogP) is 0.462. The molecule has 0 bridgehead atoms. The molecule has 6 heteroatoms. The molecule has 112 valence electrons. The Balaban J connectivity index is 1.89. The van der Waals surface area contributed by atoms with Crippen molar-refractivity contribution in [3.8, 4) is 0 Å². The van der Waals surface area contributed by atoms with E-state index in [-0.39, 0.29) is 12.5 Å². The number of hydrogen-bond acceptors (Lipinski definition) is 4. The van der Waals surface area contributed by atoms with E-state index in [0.29, 0.717) is 25.6 Å². The number of piperidine rings is 1. The number of likely N-dealkylation sites (tertiary alicyclic amines) is 1. The van der Waals surface area contributed by atoms with E-state index in [4.69, 9.17) is 5.11 Å². The molecular formula is C14H24N4O2. The Morgan fingerprint density at radius 1 is 1.65 bits per heavy atom. The number of aromatic amines is 1. The molecule has 0 aliphatic carbocycles. The Labute approximate surface area is 119 Å². The van der Waals surface area contributed by atoms with Gasteiger partial charge >= 0.3 is 0 Å². The number of rotatable bonds is 6. The smallest absolute Gasteiger partial charge is 0.237 e. The zero-order valence-corrected chi connectivity index (χ0v) is 12.1. The zero-order chi connectivity index (χ0) is 14.4. The van der Waals surface area contributed by atoms with Crippen LogP contribution in [-0.2, 0) is 11.3 Å². The summed E-state index contributed by atoms with van der Waals surface area (Å²) in [4.78, 5) is 23.4. The normalized spacial score (nSPS) is 20.0. The van der Waals surface area contributed by atoms with Gasteiger partial charge in [0.15, 0.2) is 0 Å². The Bertz CT molecular complexity index is 407. The molecule has 1 aliphatic rings. The molecule has 6 nitrogen and oxygen atoms in total. The second kappa shape index (κ2) is 7.40. The number of hydrogen-bond donors (Lipinski definition) is 2. The van der Waals surface area contributed by atoms with E-state index in [1.165, 1.54) is 6.42 Å². The van der Waals surface area contributed by atoms with Crippen LogP contribution in [0.5, 0.6) is 0 Å². The lowest BCUT2D eigenvalue weighted by Crippen LogP contribution is -2.44. The minimum Gasteiger partial charge on any atom is -0.395 e. The lowest BCUT2D eigenvalue weighted by molar-refractivity contribution is -0.134. The molecule has 1 fully saturated rings. The molecule has 1 amide bonds. The number of carbonyl (C=O) groups excluding carboxylic acids is 1. The van der Waals surface area contributed by atoms with Gasteiger partial charge in [-0.2, -0.15) is 0 Å². The maximum absolute atomic E-state index is 12.4. The first-order chi connectivity index (χ1) is 9.69. The zero-order valence-electron chi connectivity index (χ0n) is 12.1. The fraction of sp³-hybridized carbons (Fsp3) is 0.714. The third kappa shape index (κ3) is 4.31. The van der Waals surface area contributed by atoms with Crippen LogP contribution in [-0.4, -0.2) is 63.6 Å². The van der Waals surface area contributed by atoms with E-state index < -0.39 is 0 Å². The number of carbonyl (C=O) groups is 1. The molecule has 2 rings (SSSR count). The van der Waals surface area contributed by atoms with Crippen molar-refractivity contribution in [1.29, 1.82) is 0 Å². The number of amides is 1. The second-order valence-corrected chi connectivity index (χ2v) is 5.56. The van der Waals surface area contributed by atoms with Crippen molar-refractivity contribution < 1.29 is 9.90 Å². The average molecular weight is 280 g/mol. The molecule has 1 aliphatic heterocycles. The molecule has 2 N–H and O–H groups in total. The monoisotopic (exact) mass is 280 g/mol. The summed E-state index contributed by atoms with van der Waals surface area (Å²) in [5.74, 6) is 1.47. The average Bonchev–Trinajstić information content (AvgIpc) is 2.91. The van der Waals surface area contributed by atoms with Gasteiger partial charge in [-0.1, -0.05) is 6.92 Å². The number of nitrogens with zero attached hydrogens (tertiary/aromatic N) is 3. The molecule has 0 spiro atoms. The van der Waals surface area contributed by atoms with Crippen LogP contribution in [0.4, 0.5) is 0 Å². The number of H-pyrrole nitrogens is 1. The Hall–Kier alpha value is -1.40.